The summed E-state index contributed by atoms with van der Waals surface area (Å²) in [6.45, 7) is 1.86. The van der Waals surface area contributed by atoms with Gasteiger partial charge < -0.3 is 0 Å². The van der Waals surface area contributed by atoms with Gasteiger partial charge in [0.05, 0.1) is 17.9 Å². The third kappa shape index (κ3) is 1.58. The Kier molecular flexibility index (Phi) is 2.28. The van der Waals surface area contributed by atoms with Crippen LogP contribution >= 0.6 is 11.6 Å². The fraction of sp³-hybridized carbons (Fsp3) is 0.0769. The minimum Gasteiger partial charge on any atom is -0.274 e. The minimum atomic E-state index is 0.532. The van der Waals surface area contributed by atoms with Crippen LogP contribution in [0.5, 0.6) is 0 Å². The molecule has 6 nitrogen and oxygen atoms in total. The molecule has 4 rings (SSSR count). The first-order valence-corrected chi connectivity index (χ1v) is 6.40. The van der Waals surface area contributed by atoms with Crippen LogP contribution in [-0.4, -0.2) is 29.0 Å². The molecule has 0 aromatic carbocycles. The Morgan fingerprint density at radius 2 is 1.95 bits per heavy atom. The molecular weight excluding hydrogens is 276 g/mol. The Morgan fingerprint density at radius 3 is 2.85 bits per heavy atom. The Morgan fingerprint density at radius 1 is 1.10 bits per heavy atom. The van der Waals surface area contributed by atoms with Crippen molar-refractivity contribution < 1.29 is 0 Å². The summed E-state index contributed by atoms with van der Waals surface area (Å²) in [6, 6.07) is 1.98. The second-order valence-electron chi connectivity index (χ2n) is 4.46. The predicted molar refractivity (Wildman–Crippen MR) is 74.7 cm³/mol. The van der Waals surface area contributed by atoms with E-state index >= 15 is 0 Å². The van der Waals surface area contributed by atoms with E-state index in [0.29, 0.717) is 10.9 Å². The van der Waals surface area contributed by atoms with E-state index in [1.165, 1.54) is 0 Å². The van der Waals surface area contributed by atoms with E-state index in [-0.39, 0.29) is 0 Å². The Bertz CT molecular complexity index is 938. The van der Waals surface area contributed by atoms with Crippen molar-refractivity contribution in [1.29, 1.82) is 0 Å². The van der Waals surface area contributed by atoms with Gasteiger partial charge in [0.15, 0.2) is 0 Å². The third-order valence-corrected chi connectivity index (χ3v) is 3.44. The minimum absolute atomic E-state index is 0.532. The Hall–Kier alpha value is -2.47. The maximum atomic E-state index is 6.08. The molecule has 0 saturated carbocycles. The summed E-state index contributed by atoms with van der Waals surface area (Å²) in [5, 5.41) is 4.86. The van der Waals surface area contributed by atoms with E-state index < -0.39 is 0 Å². The molecule has 0 saturated heterocycles. The van der Waals surface area contributed by atoms with E-state index in [4.69, 9.17) is 11.6 Å². The van der Waals surface area contributed by atoms with Crippen molar-refractivity contribution in [2.24, 2.45) is 0 Å². The molecule has 0 radical (unpaired) electrons. The zero-order valence-corrected chi connectivity index (χ0v) is 11.3. The highest BCUT2D eigenvalue weighted by Gasteiger charge is 2.09. The highest BCUT2D eigenvalue weighted by atomic mass is 35.5. The first-order valence-electron chi connectivity index (χ1n) is 6.02. The summed E-state index contributed by atoms with van der Waals surface area (Å²) >= 11 is 6.08. The molecule has 7 heteroatoms. The second kappa shape index (κ2) is 4.01. The summed E-state index contributed by atoms with van der Waals surface area (Å²) in [5.41, 5.74) is 2.87. The fourth-order valence-electron chi connectivity index (χ4n) is 2.22. The van der Waals surface area contributed by atoms with E-state index in [1.54, 1.807) is 27.5 Å². The Balaban J connectivity index is 1.98. The maximum Gasteiger partial charge on any atom is 0.234 e. The van der Waals surface area contributed by atoms with Crippen LogP contribution in [0.25, 0.3) is 22.4 Å². The van der Waals surface area contributed by atoms with Crippen LogP contribution in [0.4, 0.5) is 0 Å². The van der Waals surface area contributed by atoms with Crippen molar-refractivity contribution in [1.82, 2.24) is 29.0 Å². The van der Waals surface area contributed by atoms with E-state index in [2.05, 4.69) is 20.1 Å². The summed E-state index contributed by atoms with van der Waals surface area (Å²) < 4.78 is 3.55. The highest BCUT2D eigenvalue weighted by molar-refractivity contribution is 6.29. The van der Waals surface area contributed by atoms with Gasteiger partial charge in [0.25, 0.3) is 0 Å². The van der Waals surface area contributed by atoms with Gasteiger partial charge in [-0.3, -0.25) is 4.40 Å². The molecule has 98 valence electrons. The zero-order valence-electron chi connectivity index (χ0n) is 10.5. The average molecular weight is 285 g/mol. The smallest absolute Gasteiger partial charge is 0.234 e. The number of halogens is 1. The van der Waals surface area contributed by atoms with Crippen LogP contribution in [0.1, 0.15) is 5.82 Å². The lowest BCUT2D eigenvalue weighted by molar-refractivity contribution is 0.857. The van der Waals surface area contributed by atoms with Crippen molar-refractivity contribution in [3.63, 3.8) is 0 Å². The first-order chi connectivity index (χ1) is 9.72. The highest BCUT2D eigenvalue weighted by Crippen LogP contribution is 2.25. The fourth-order valence-corrected chi connectivity index (χ4v) is 2.39. The van der Waals surface area contributed by atoms with Gasteiger partial charge in [-0.1, -0.05) is 11.6 Å². The number of aromatic nitrogens is 6. The van der Waals surface area contributed by atoms with Gasteiger partial charge in [-0.25, -0.2) is 19.5 Å². The summed E-state index contributed by atoms with van der Waals surface area (Å²) in [4.78, 5) is 12.6. The van der Waals surface area contributed by atoms with Gasteiger partial charge in [0.2, 0.25) is 5.78 Å². The summed E-state index contributed by atoms with van der Waals surface area (Å²) in [6.07, 6.45) is 8.97. The zero-order chi connectivity index (χ0) is 13.7. The number of nitrogens with zero attached hydrogens (tertiary/aromatic N) is 6. The van der Waals surface area contributed by atoms with Crippen molar-refractivity contribution in [3.05, 3.63) is 48.0 Å². The largest absolute Gasteiger partial charge is 0.274 e. The molecule has 0 aliphatic rings. The van der Waals surface area contributed by atoms with Crippen LogP contribution in [0, 0.1) is 6.92 Å². The molecule has 4 aromatic rings. The van der Waals surface area contributed by atoms with Gasteiger partial charge in [-0.15, -0.1) is 0 Å². The number of hydrogen-bond donors (Lipinski definition) is 0. The maximum absolute atomic E-state index is 6.08. The van der Waals surface area contributed by atoms with Gasteiger partial charge in [0.1, 0.15) is 11.0 Å². The number of fused-ring (bicyclic) bond motifs is 2. The van der Waals surface area contributed by atoms with Gasteiger partial charge in [0, 0.05) is 29.7 Å². The van der Waals surface area contributed by atoms with E-state index in [1.807, 2.05) is 25.4 Å². The van der Waals surface area contributed by atoms with Crippen molar-refractivity contribution in [3.8, 4) is 11.1 Å². The van der Waals surface area contributed by atoms with Crippen molar-refractivity contribution in [2.45, 2.75) is 6.92 Å². The molecule has 0 atom stereocenters. The van der Waals surface area contributed by atoms with Crippen LogP contribution in [0.3, 0.4) is 0 Å². The SMILES string of the molecule is Cc1ncc2c(-c3cnc4ncc(Cl)n4c3)ccn2n1. The second-order valence-corrected chi connectivity index (χ2v) is 4.85. The molecule has 0 spiro atoms. The number of rotatable bonds is 1. The van der Waals surface area contributed by atoms with E-state index in [9.17, 15) is 0 Å². The normalized spacial score (nSPS) is 11.5. The van der Waals surface area contributed by atoms with Crippen LogP contribution in [-0.2, 0) is 0 Å². The summed E-state index contributed by atoms with van der Waals surface area (Å²) in [7, 11) is 0. The summed E-state index contributed by atoms with van der Waals surface area (Å²) in [5.74, 6) is 1.31. The topological polar surface area (TPSA) is 60.4 Å². The number of imidazole rings is 1. The molecule has 0 fully saturated rings. The lowest BCUT2D eigenvalue weighted by Crippen LogP contribution is -1.96. The van der Waals surface area contributed by atoms with Crippen molar-refractivity contribution >= 4 is 22.9 Å². The van der Waals surface area contributed by atoms with E-state index in [0.717, 1.165) is 22.5 Å². The predicted octanol–water partition coefficient (Wildman–Crippen LogP) is 2.40. The van der Waals surface area contributed by atoms with Gasteiger partial charge in [-0.2, -0.15) is 5.10 Å². The lowest BCUT2D eigenvalue weighted by Gasteiger charge is -2.02. The first kappa shape index (κ1) is 11.4. The molecule has 0 amide bonds. The number of aryl methyl sites for hydroxylation is 1. The van der Waals surface area contributed by atoms with Crippen LogP contribution in [0.15, 0.2) is 37.1 Å². The molecule has 0 aliphatic heterocycles. The molecule has 4 heterocycles. The molecular formula is C13H9ClN6. The molecule has 0 N–H and O–H groups in total. The molecule has 0 unspecified atom stereocenters. The molecule has 20 heavy (non-hydrogen) atoms. The van der Waals surface area contributed by atoms with Crippen LogP contribution < -0.4 is 0 Å². The van der Waals surface area contributed by atoms with Gasteiger partial charge in [-0.05, 0) is 13.0 Å². The third-order valence-electron chi connectivity index (χ3n) is 3.16. The Labute approximate surface area is 118 Å². The molecule has 0 aliphatic carbocycles. The monoisotopic (exact) mass is 284 g/mol. The van der Waals surface area contributed by atoms with Crippen molar-refractivity contribution in [2.75, 3.05) is 0 Å². The van der Waals surface area contributed by atoms with Crippen LogP contribution in [0.2, 0.25) is 5.15 Å². The van der Waals surface area contributed by atoms with Gasteiger partial charge >= 0.3 is 0 Å². The lowest BCUT2D eigenvalue weighted by atomic mass is 10.1. The standard InChI is InChI=1S/C13H9ClN6/c1-8-15-5-11-10(2-3-20(11)18-8)9-4-16-13-17-6-12(14)19(13)7-9/h2-7H,1H3. The quantitative estimate of drug-likeness (QED) is 0.538. The number of hydrogen-bond acceptors (Lipinski definition) is 4. The average Bonchev–Trinajstić information content (AvgIpc) is 3.02. The molecule has 0 bridgehead atoms. The molecule has 4 aromatic heterocycles.